The molecule has 2 aliphatic carbocycles. The van der Waals surface area contributed by atoms with Gasteiger partial charge in [-0.05, 0) is 88.7 Å². The molecule has 2 aromatic rings. The Hall–Kier alpha value is -2.65. The molecule has 1 saturated carbocycles. The lowest BCUT2D eigenvalue weighted by molar-refractivity contribution is -0.126. The largest absolute Gasteiger partial charge is 0.376 e. The quantitative estimate of drug-likeness (QED) is 0.234. The van der Waals surface area contributed by atoms with E-state index in [0.717, 1.165) is 64.4 Å². The minimum Gasteiger partial charge on any atom is -0.376 e. The van der Waals surface area contributed by atoms with Gasteiger partial charge in [-0.15, -0.1) is 0 Å². The van der Waals surface area contributed by atoms with Crippen molar-refractivity contribution in [2.24, 2.45) is 11.8 Å². The molecule has 9 heteroatoms. The van der Waals surface area contributed by atoms with Crippen LogP contribution in [0.3, 0.4) is 0 Å². The molecule has 0 spiro atoms. The summed E-state index contributed by atoms with van der Waals surface area (Å²) in [6.07, 6.45) is 13.7. The molecular formula is C31H42N4O4S. The Labute approximate surface area is 240 Å². The number of allylic oxidation sites excluding steroid dienone is 1. The smallest absolute Gasteiger partial charge is 0.262 e. The normalized spacial score (nSPS) is 23.1. The number of thioether (sulfide) groups is 1. The number of hydrogen-bond acceptors (Lipinski definition) is 6. The van der Waals surface area contributed by atoms with Crippen LogP contribution in [0.5, 0.6) is 0 Å². The number of carbonyl (C=O) groups is 2. The van der Waals surface area contributed by atoms with Gasteiger partial charge in [0.1, 0.15) is 0 Å². The summed E-state index contributed by atoms with van der Waals surface area (Å²) in [5.41, 5.74) is 2.04. The minimum absolute atomic E-state index is 0.0195. The molecular weight excluding hydrogens is 524 g/mol. The molecule has 2 amide bonds. The number of hydrogen-bond donors (Lipinski definition) is 2. The fourth-order valence-electron chi connectivity index (χ4n) is 6.12. The van der Waals surface area contributed by atoms with Crippen molar-refractivity contribution in [3.63, 3.8) is 0 Å². The van der Waals surface area contributed by atoms with E-state index in [2.05, 4.69) is 16.7 Å². The number of nitrogens with one attached hydrogen (secondary N) is 2. The molecule has 1 aromatic heterocycles. The van der Waals surface area contributed by atoms with Crippen LogP contribution in [-0.2, 0) is 20.9 Å². The summed E-state index contributed by atoms with van der Waals surface area (Å²) in [6, 6.07) is 7.41. The first kappa shape index (κ1) is 28.9. The molecule has 216 valence electrons. The Morgan fingerprint density at radius 1 is 1.05 bits per heavy atom. The molecule has 1 saturated heterocycles. The third kappa shape index (κ3) is 7.75. The average Bonchev–Trinajstić information content (AvgIpc) is 3.51. The number of benzene rings is 1. The van der Waals surface area contributed by atoms with E-state index >= 15 is 0 Å². The molecule has 0 bridgehead atoms. The van der Waals surface area contributed by atoms with E-state index in [1.54, 1.807) is 4.57 Å². The summed E-state index contributed by atoms with van der Waals surface area (Å²) in [5.74, 6) is 0.623. The monoisotopic (exact) mass is 566 g/mol. The molecule has 1 atom stereocenters. The van der Waals surface area contributed by atoms with Crippen LogP contribution in [0.2, 0.25) is 0 Å². The van der Waals surface area contributed by atoms with E-state index in [1.165, 1.54) is 30.2 Å². The number of nitrogens with zero attached hydrogens (tertiary/aromatic N) is 2. The fourth-order valence-corrected chi connectivity index (χ4v) is 6.96. The van der Waals surface area contributed by atoms with Gasteiger partial charge >= 0.3 is 0 Å². The Bertz CT molecular complexity index is 1260. The van der Waals surface area contributed by atoms with Gasteiger partial charge in [-0.3, -0.25) is 19.0 Å². The van der Waals surface area contributed by atoms with Gasteiger partial charge in [0.15, 0.2) is 5.16 Å². The van der Waals surface area contributed by atoms with Crippen molar-refractivity contribution in [3.8, 4) is 0 Å². The summed E-state index contributed by atoms with van der Waals surface area (Å²) < 4.78 is 7.38. The lowest BCUT2D eigenvalue weighted by Gasteiger charge is -2.29. The second-order valence-corrected chi connectivity index (χ2v) is 12.4. The Morgan fingerprint density at radius 2 is 1.90 bits per heavy atom. The molecule has 2 heterocycles. The van der Waals surface area contributed by atoms with Crippen molar-refractivity contribution in [2.45, 2.75) is 88.4 Å². The second kappa shape index (κ2) is 14.3. The molecule has 5 rings (SSSR count). The topological polar surface area (TPSA) is 102 Å². The number of fused-ring (bicyclic) bond motifs is 1. The molecule has 40 heavy (non-hydrogen) atoms. The van der Waals surface area contributed by atoms with Crippen LogP contribution in [0.4, 0.5) is 0 Å². The molecule has 2 N–H and O–H groups in total. The third-order valence-electron chi connectivity index (χ3n) is 8.50. The minimum atomic E-state index is -0.0610. The van der Waals surface area contributed by atoms with Gasteiger partial charge < -0.3 is 15.4 Å². The first-order valence-electron chi connectivity index (χ1n) is 15.0. The van der Waals surface area contributed by atoms with Gasteiger partial charge in [0, 0.05) is 32.2 Å². The highest BCUT2D eigenvalue weighted by molar-refractivity contribution is 7.99. The number of aromatic nitrogens is 2. The molecule has 8 nitrogen and oxygen atoms in total. The Morgan fingerprint density at radius 3 is 2.67 bits per heavy atom. The molecule has 3 aliphatic rings. The molecule has 2 fully saturated rings. The van der Waals surface area contributed by atoms with Crippen molar-refractivity contribution in [2.75, 3.05) is 25.4 Å². The summed E-state index contributed by atoms with van der Waals surface area (Å²) in [6.45, 7) is 2.59. The van der Waals surface area contributed by atoms with Crippen LogP contribution < -0.4 is 16.2 Å². The van der Waals surface area contributed by atoms with Gasteiger partial charge in [0.05, 0.1) is 22.8 Å². The number of carbonyl (C=O) groups excluding carboxylic acids is 2. The molecule has 1 unspecified atom stereocenters. The Kier molecular flexibility index (Phi) is 10.3. The van der Waals surface area contributed by atoms with Gasteiger partial charge in [0.2, 0.25) is 11.8 Å². The van der Waals surface area contributed by atoms with Crippen LogP contribution in [-0.4, -0.2) is 52.9 Å². The molecule has 1 aliphatic heterocycles. The van der Waals surface area contributed by atoms with Crippen LogP contribution in [0, 0.1) is 11.8 Å². The second-order valence-electron chi connectivity index (χ2n) is 11.4. The maximum Gasteiger partial charge on any atom is 0.262 e. The third-order valence-corrected chi connectivity index (χ3v) is 9.47. The van der Waals surface area contributed by atoms with E-state index in [-0.39, 0.29) is 35.1 Å². The van der Waals surface area contributed by atoms with E-state index in [1.807, 2.05) is 24.3 Å². The summed E-state index contributed by atoms with van der Waals surface area (Å²) in [5, 5.41) is 7.30. The maximum atomic E-state index is 13.5. The van der Waals surface area contributed by atoms with Crippen LogP contribution in [0.15, 0.2) is 45.9 Å². The number of rotatable bonds is 11. The summed E-state index contributed by atoms with van der Waals surface area (Å²) in [7, 11) is 0. The van der Waals surface area contributed by atoms with Gasteiger partial charge in [-0.2, -0.15) is 0 Å². The predicted molar refractivity (Wildman–Crippen MR) is 158 cm³/mol. The summed E-state index contributed by atoms with van der Waals surface area (Å²) in [4.78, 5) is 43.7. The highest BCUT2D eigenvalue weighted by atomic mass is 32.2. The van der Waals surface area contributed by atoms with Crippen molar-refractivity contribution >= 4 is 34.5 Å². The van der Waals surface area contributed by atoms with Crippen molar-refractivity contribution < 1.29 is 14.3 Å². The van der Waals surface area contributed by atoms with Crippen molar-refractivity contribution in [1.29, 1.82) is 0 Å². The number of ether oxygens (including phenoxy) is 1. The van der Waals surface area contributed by atoms with Crippen molar-refractivity contribution in [1.82, 2.24) is 20.2 Å². The maximum absolute atomic E-state index is 13.5. The number of para-hydroxylation sites is 1. The lowest BCUT2D eigenvalue weighted by atomic mass is 9.81. The van der Waals surface area contributed by atoms with Crippen LogP contribution >= 0.6 is 11.8 Å². The first-order chi connectivity index (χ1) is 19.6. The molecule has 1 aromatic carbocycles. The Balaban J connectivity index is 1.17. The van der Waals surface area contributed by atoms with E-state index in [9.17, 15) is 14.4 Å². The van der Waals surface area contributed by atoms with E-state index in [4.69, 9.17) is 9.72 Å². The van der Waals surface area contributed by atoms with E-state index < -0.39 is 0 Å². The highest BCUT2D eigenvalue weighted by Crippen LogP contribution is 2.31. The zero-order valence-corrected chi connectivity index (χ0v) is 24.2. The van der Waals surface area contributed by atoms with E-state index in [0.29, 0.717) is 41.6 Å². The molecule has 0 radical (unpaired) electrons. The standard InChI is InChI=1S/C31H42N4O4S/c36-28(32-17-16-22-7-2-1-3-8-22)21-40-31-34-27-11-5-4-10-26(27)30(38)35(31)20-23-12-14-24(15-13-23)29(37)33-19-25-9-6-18-39-25/h4-5,7,10-11,23-25H,1-3,6,8-9,12-21H2,(H,32,36)(H,33,37). The van der Waals surface area contributed by atoms with Crippen molar-refractivity contribution in [3.05, 3.63) is 46.3 Å². The predicted octanol–water partition coefficient (Wildman–Crippen LogP) is 4.60. The fraction of sp³-hybridized carbons (Fsp3) is 0.613. The van der Waals surface area contributed by atoms with Gasteiger partial charge in [-0.25, -0.2) is 4.98 Å². The van der Waals surface area contributed by atoms with Crippen LogP contribution in [0.25, 0.3) is 10.9 Å². The highest BCUT2D eigenvalue weighted by Gasteiger charge is 2.28. The average molecular weight is 567 g/mol. The lowest BCUT2D eigenvalue weighted by Crippen LogP contribution is -2.38. The van der Waals surface area contributed by atoms with Gasteiger partial charge in [0.25, 0.3) is 5.56 Å². The van der Waals surface area contributed by atoms with Gasteiger partial charge in [-0.1, -0.05) is 35.5 Å². The summed E-state index contributed by atoms with van der Waals surface area (Å²) >= 11 is 1.33. The SMILES string of the molecule is O=C(CSc1nc2ccccc2c(=O)n1CC1CCC(C(=O)NCC2CCCO2)CC1)NCCC1=CCCCC1. The zero-order chi connectivity index (χ0) is 27.7. The first-order valence-corrected chi connectivity index (χ1v) is 16.0. The van der Waals surface area contributed by atoms with Crippen LogP contribution in [0.1, 0.15) is 70.6 Å². The number of amides is 2. The zero-order valence-electron chi connectivity index (χ0n) is 23.4.